The number of nitrogen functional groups attached to an aromatic ring is 1. The minimum atomic E-state index is -0.560. The summed E-state index contributed by atoms with van der Waals surface area (Å²) in [6.07, 6.45) is 1.84. The molecule has 0 spiro atoms. The number of nitrogens with one attached hydrogen (secondary N) is 1. The average molecular weight is 337 g/mol. The molecule has 0 saturated carbocycles. The van der Waals surface area contributed by atoms with E-state index < -0.39 is 5.97 Å². The molecule has 0 fully saturated rings. The molecule has 0 aliphatic heterocycles. The van der Waals surface area contributed by atoms with Crippen LogP contribution >= 0.6 is 23.1 Å². The number of thiazole rings is 1. The lowest BCUT2D eigenvalue weighted by molar-refractivity contribution is 0.0521. The van der Waals surface area contributed by atoms with Crippen LogP contribution in [0.1, 0.15) is 27.8 Å². The van der Waals surface area contributed by atoms with Gasteiger partial charge in [0.2, 0.25) is 0 Å². The minimum Gasteiger partial charge on any atom is -0.461 e. The van der Waals surface area contributed by atoms with Crippen LogP contribution in [0.15, 0.2) is 28.6 Å². The Balaban J connectivity index is 2.29. The molecule has 1 amide bonds. The highest BCUT2D eigenvalue weighted by molar-refractivity contribution is 8.00. The summed E-state index contributed by atoms with van der Waals surface area (Å²) in [7, 11) is 0. The number of carbonyl (C=O) groups excluding carboxylic acids is 2. The molecule has 0 unspecified atom stereocenters. The van der Waals surface area contributed by atoms with Gasteiger partial charge in [-0.2, -0.15) is 0 Å². The standard InChI is InChI=1S/C14H15N3O3S2/c1-3-20-13(19)10-12(22-14(16-10)21-2)17-11(18)8-6-4-5-7-9(8)15/h4-7H,3,15H2,1-2H3,(H,17,18). The van der Waals surface area contributed by atoms with Crippen molar-refractivity contribution >= 4 is 45.7 Å². The first kappa shape index (κ1) is 16.3. The largest absolute Gasteiger partial charge is 0.461 e. The number of hydrogen-bond acceptors (Lipinski definition) is 7. The first-order valence-corrected chi connectivity index (χ1v) is 8.48. The zero-order valence-electron chi connectivity index (χ0n) is 12.1. The van der Waals surface area contributed by atoms with E-state index in [4.69, 9.17) is 10.5 Å². The number of nitrogens with two attached hydrogens (primary N) is 1. The van der Waals surface area contributed by atoms with Crippen molar-refractivity contribution in [2.75, 3.05) is 23.9 Å². The van der Waals surface area contributed by atoms with Gasteiger partial charge in [0, 0.05) is 5.69 Å². The van der Waals surface area contributed by atoms with Crippen LogP contribution in [-0.2, 0) is 4.74 Å². The van der Waals surface area contributed by atoms with Crippen molar-refractivity contribution in [2.24, 2.45) is 0 Å². The predicted molar refractivity (Wildman–Crippen MR) is 88.7 cm³/mol. The molecule has 0 atom stereocenters. The van der Waals surface area contributed by atoms with Crippen LogP contribution < -0.4 is 11.1 Å². The Morgan fingerprint density at radius 1 is 1.41 bits per heavy atom. The second-order valence-electron chi connectivity index (χ2n) is 4.12. The number of amides is 1. The van der Waals surface area contributed by atoms with Gasteiger partial charge in [0.25, 0.3) is 5.91 Å². The first-order valence-electron chi connectivity index (χ1n) is 6.44. The number of aromatic nitrogens is 1. The van der Waals surface area contributed by atoms with Crippen LogP contribution in [0.2, 0.25) is 0 Å². The molecule has 1 heterocycles. The normalized spacial score (nSPS) is 10.3. The van der Waals surface area contributed by atoms with E-state index in [0.717, 1.165) is 0 Å². The Hall–Kier alpha value is -2.06. The Labute approximate surface area is 136 Å². The van der Waals surface area contributed by atoms with E-state index in [-0.39, 0.29) is 18.2 Å². The van der Waals surface area contributed by atoms with Gasteiger partial charge in [-0.1, -0.05) is 35.2 Å². The van der Waals surface area contributed by atoms with Crippen LogP contribution in [0.3, 0.4) is 0 Å². The second kappa shape index (κ2) is 7.28. The fourth-order valence-electron chi connectivity index (χ4n) is 1.68. The fraction of sp³-hybridized carbons (Fsp3) is 0.214. The van der Waals surface area contributed by atoms with Crippen LogP contribution in [0.4, 0.5) is 10.7 Å². The summed E-state index contributed by atoms with van der Waals surface area (Å²) in [6.45, 7) is 1.95. The number of hydrogen-bond donors (Lipinski definition) is 2. The number of para-hydroxylation sites is 1. The van der Waals surface area contributed by atoms with E-state index >= 15 is 0 Å². The Morgan fingerprint density at radius 2 is 2.14 bits per heavy atom. The van der Waals surface area contributed by atoms with E-state index in [1.807, 2.05) is 6.26 Å². The van der Waals surface area contributed by atoms with Gasteiger partial charge in [-0.25, -0.2) is 9.78 Å². The quantitative estimate of drug-likeness (QED) is 0.495. The molecule has 0 saturated heterocycles. The molecule has 2 rings (SSSR count). The third-order valence-electron chi connectivity index (χ3n) is 2.68. The summed E-state index contributed by atoms with van der Waals surface area (Å²) < 4.78 is 5.62. The van der Waals surface area contributed by atoms with Crippen molar-refractivity contribution < 1.29 is 14.3 Å². The monoisotopic (exact) mass is 337 g/mol. The van der Waals surface area contributed by atoms with Crippen LogP contribution in [0.25, 0.3) is 0 Å². The molecular formula is C14H15N3O3S2. The maximum Gasteiger partial charge on any atom is 0.360 e. The molecule has 1 aromatic heterocycles. The van der Waals surface area contributed by atoms with Gasteiger partial charge in [0.15, 0.2) is 10.0 Å². The van der Waals surface area contributed by atoms with Gasteiger partial charge >= 0.3 is 5.97 Å². The van der Waals surface area contributed by atoms with Crippen molar-refractivity contribution in [2.45, 2.75) is 11.3 Å². The average Bonchev–Trinajstić information content (AvgIpc) is 2.91. The molecule has 3 N–H and O–H groups in total. The maximum absolute atomic E-state index is 12.3. The van der Waals surface area contributed by atoms with Gasteiger partial charge in [-0.3, -0.25) is 4.79 Å². The lowest BCUT2D eigenvalue weighted by Crippen LogP contribution is -2.16. The van der Waals surface area contributed by atoms with Gasteiger partial charge in [0.1, 0.15) is 5.00 Å². The highest BCUT2D eigenvalue weighted by Gasteiger charge is 2.21. The van der Waals surface area contributed by atoms with Gasteiger partial charge in [-0.15, -0.1) is 0 Å². The van der Waals surface area contributed by atoms with Crippen molar-refractivity contribution in [3.8, 4) is 0 Å². The number of thioether (sulfide) groups is 1. The van der Waals surface area contributed by atoms with Crippen LogP contribution in [-0.4, -0.2) is 29.7 Å². The number of carbonyl (C=O) groups is 2. The van der Waals surface area contributed by atoms with Gasteiger partial charge < -0.3 is 15.8 Å². The number of ether oxygens (including phenoxy) is 1. The zero-order valence-corrected chi connectivity index (χ0v) is 13.7. The summed E-state index contributed by atoms with van der Waals surface area (Å²) >= 11 is 2.61. The van der Waals surface area contributed by atoms with Crippen molar-refractivity contribution in [3.63, 3.8) is 0 Å². The summed E-state index contributed by atoms with van der Waals surface area (Å²) in [5.74, 6) is -0.949. The SMILES string of the molecule is CCOC(=O)c1nc(SC)sc1NC(=O)c1ccccc1N. The van der Waals surface area contributed by atoms with Gasteiger partial charge in [0.05, 0.1) is 12.2 Å². The highest BCUT2D eigenvalue weighted by Crippen LogP contribution is 2.31. The van der Waals surface area contributed by atoms with E-state index in [0.29, 0.717) is 20.6 Å². The van der Waals surface area contributed by atoms with Crippen molar-refractivity contribution in [1.82, 2.24) is 4.98 Å². The topological polar surface area (TPSA) is 94.3 Å². The Bertz CT molecular complexity index is 700. The first-order chi connectivity index (χ1) is 10.6. The van der Waals surface area contributed by atoms with Gasteiger partial charge in [-0.05, 0) is 25.3 Å². The number of esters is 1. The minimum absolute atomic E-state index is 0.110. The summed E-state index contributed by atoms with van der Waals surface area (Å²) in [5, 5.41) is 3.04. The third kappa shape index (κ3) is 3.58. The highest BCUT2D eigenvalue weighted by atomic mass is 32.2. The molecule has 1 aromatic carbocycles. The van der Waals surface area contributed by atoms with E-state index in [9.17, 15) is 9.59 Å². The van der Waals surface area contributed by atoms with E-state index in [2.05, 4.69) is 10.3 Å². The number of nitrogens with zero attached hydrogens (tertiary/aromatic N) is 1. The van der Waals surface area contributed by atoms with Crippen LogP contribution in [0, 0.1) is 0 Å². The van der Waals surface area contributed by atoms with Crippen LogP contribution in [0.5, 0.6) is 0 Å². The number of anilines is 2. The van der Waals surface area contributed by atoms with Crippen molar-refractivity contribution in [1.29, 1.82) is 0 Å². The molecule has 0 aliphatic rings. The number of rotatable bonds is 5. The molecule has 2 aromatic rings. The predicted octanol–water partition coefficient (Wildman–Crippen LogP) is 2.88. The summed E-state index contributed by atoms with van der Waals surface area (Å²) in [6, 6.07) is 6.72. The molecule has 22 heavy (non-hydrogen) atoms. The maximum atomic E-state index is 12.3. The summed E-state index contributed by atoms with van der Waals surface area (Å²) in [4.78, 5) is 28.4. The molecule has 8 heteroatoms. The lowest BCUT2D eigenvalue weighted by Gasteiger charge is -2.06. The molecule has 6 nitrogen and oxygen atoms in total. The van der Waals surface area contributed by atoms with Crippen molar-refractivity contribution in [3.05, 3.63) is 35.5 Å². The smallest absolute Gasteiger partial charge is 0.360 e. The Morgan fingerprint density at radius 3 is 2.77 bits per heavy atom. The number of benzene rings is 1. The molecular weight excluding hydrogens is 322 g/mol. The third-order valence-corrected chi connectivity index (χ3v) is 4.64. The zero-order chi connectivity index (χ0) is 16.1. The molecule has 0 bridgehead atoms. The lowest BCUT2D eigenvalue weighted by atomic mass is 10.1. The molecule has 116 valence electrons. The molecule has 0 radical (unpaired) electrons. The second-order valence-corrected chi connectivity index (χ2v) is 6.18. The van der Waals surface area contributed by atoms with E-state index in [1.165, 1.54) is 23.1 Å². The summed E-state index contributed by atoms with van der Waals surface area (Å²) in [5.41, 5.74) is 6.61. The molecule has 0 aliphatic carbocycles. The fourth-order valence-corrected chi connectivity index (χ4v) is 3.13. The Kier molecular flexibility index (Phi) is 5.40. The van der Waals surface area contributed by atoms with E-state index in [1.54, 1.807) is 31.2 Å².